The number of hydrogen-bond acceptors (Lipinski definition) is 6. The molecular formula is C22H26N2O3S2. The zero-order valence-corrected chi connectivity index (χ0v) is 18.5. The third-order valence-corrected chi connectivity index (χ3v) is 5.94. The number of rotatable bonds is 10. The second-order valence-electron chi connectivity index (χ2n) is 7.49. The van der Waals surface area contributed by atoms with Crippen LogP contribution in [0.5, 0.6) is 0 Å². The summed E-state index contributed by atoms with van der Waals surface area (Å²) >= 11 is 6.71. The number of ketones is 1. The van der Waals surface area contributed by atoms with Crippen molar-refractivity contribution in [3.8, 4) is 18.4 Å². The third-order valence-electron chi connectivity index (χ3n) is 4.25. The first-order valence-electron chi connectivity index (χ1n) is 9.16. The van der Waals surface area contributed by atoms with Crippen LogP contribution in [0.25, 0.3) is 0 Å². The zero-order chi connectivity index (χ0) is 22.1. The molecule has 1 rings (SSSR count). The highest BCUT2D eigenvalue weighted by molar-refractivity contribution is 8.25. The van der Waals surface area contributed by atoms with Crippen molar-refractivity contribution in [2.75, 3.05) is 6.54 Å². The Hall–Kier alpha value is -2.19. The molecule has 0 aliphatic heterocycles. The van der Waals surface area contributed by atoms with Gasteiger partial charge in [0.1, 0.15) is 5.78 Å². The van der Waals surface area contributed by atoms with Crippen LogP contribution in [0.4, 0.5) is 0 Å². The van der Waals surface area contributed by atoms with E-state index in [1.54, 1.807) is 20.8 Å². The van der Waals surface area contributed by atoms with Crippen LogP contribution in [0.2, 0.25) is 0 Å². The predicted molar refractivity (Wildman–Crippen MR) is 120 cm³/mol. The summed E-state index contributed by atoms with van der Waals surface area (Å²) in [6, 6.07) is 11.5. The number of hydrogen-bond donors (Lipinski definition) is 2. The van der Waals surface area contributed by atoms with Crippen molar-refractivity contribution in [2.45, 2.75) is 50.9 Å². The Balaban J connectivity index is 3.16. The first-order valence-corrected chi connectivity index (χ1v) is 10.4. The van der Waals surface area contributed by atoms with Gasteiger partial charge in [-0.05, 0) is 32.8 Å². The van der Waals surface area contributed by atoms with Gasteiger partial charge in [0.25, 0.3) is 0 Å². The van der Waals surface area contributed by atoms with Gasteiger partial charge in [-0.1, -0.05) is 60.2 Å². The second kappa shape index (κ2) is 11.1. The van der Waals surface area contributed by atoms with Gasteiger partial charge in [0.15, 0.2) is 0 Å². The minimum atomic E-state index is -1.12. The maximum absolute atomic E-state index is 13.0. The number of Topliss-reactive ketones (excluding diaryl/α,β-unsaturated/α-hetero) is 1. The molecule has 0 aliphatic carbocycles. The largest absolute Gasteiger partial charge is 0.392 e. The van der Waals surface area contributed by atoms with Gasteiger partial charge in [-0.15, -0.1) is 6.42 Å². The van der Waals surface area contributed by atoms with Crippen LogP contribution in [0.1, 0.15) is 45.6 Å². The first-order chi connectivity index (χ1) is 13.5. The highest BCUT2D eigenvalue weighted by Crippen LogP contribution is 2.41. The third kappa shape index (κ3) is 7.98. The standard InChI is InChI=1S/C22H26N2O3S2/c1-5-9-18(26)12-21(3,15-23)14-22(4,20(27)24-13-16(2)25)29-19(28)17-10-7-6-8-11-17/h1,6-8,10-11,16,25H,9,12-14H2,2-4H3,(H,24,27). The molecule has 0 aromatic heterocycles. The average molecular weight is 431 g/mol. The molecule has 1 amide bonds. The van der Waals surface area contributed by atoms with Crippen molar-refractivity contribution in [1.29, 1.82) is 5.26 Å². The fourth-order valence-corrected chi connectivity index (χ4v) is 4.83. The predicted octanol–water partition coefficient (Wildman–Crippen LogP) is 3.25. The highest BCUT2D eigenvalue weighted by atomic mass is 32.2. The number of aliphatic hydroxyl groups excluding tert-OH is 1. The fraction of sp³-hybridized carbons (Fsp3) is 0.455. The Morgan fingerprint density at radius 3 is 2.48 bits per heavy atom. The van der Waals surface area contributed by atoms with Gasteiger partial charge >= 0.3 is 0 Å². The summed E-state index contributed by atoms with van der Waals surface area (Å²) < 4.78 is -0.613. The van der Waals surface area contributed by atoms with E-state index in [1.807, 2.05) is 30.3 Å². The molecular weight excluding hydrogens is 404 g/mol. The Kier molecular flexibility index (Phi) is 9.52. The van der Waals surface area contributed by atoms with Crippen LogP contribution in [0.3, 0.4) is 0 Å². The molecule has 29 heavy (non-hydrogen) atoms. The first kappa shape index (κ1) is 24.8. The molecule has 3 unspecified atom stereocenters. The van der Waals surface area contributed by atoms with Gasteiger partial charge in [0, 0.05) is 13.0 Å². The number of nitrogens with zero attached hydrogens (tertiary/aromatic N) is 1. The molecule has 1 aromatic carbocycles. The number of thiocarbonyl (C=S) groups is 1. The molecule has 0 aliphatic rings. The molecule has 3 atom stereocenters. The molecule has 154 valence electrons. The summed E-state index contributed by atoms with van der Waals surface area (Å²) in [5.41, 5.74) is -0.298. The maximum atomic E-state index is 13.0. The minimum absolute atomic E-state index is 0.0500. The Morgan fingerprint density at radius 2 is 1.97 bits per heavy atom. The lowest BCUT2D eigenvalue weighted by Gasteiger charge is -2.34. The molecule has 7 heteroatoms. The lowest BCUT2D eigenvalue weighted by atomic mass is 9.77. The van der Waals surface area contributed by atoms with Crippen molar-refractivity contribution >= 4 is 39.9 Å². The topological polar surface area (TPSA) is 90.2 Å². The number of aliphatic hydroxyl groups is 1. The lowest BCUT2D eigenvalue weighted by Crippen LogP contribution is -2.47. The highest BCUT2D eigenvalue weighted by Gasteiger charge is 2.43. The molecule has 1 aromatic rings. The summed E-state index contributed by atoms with van der Waals surface area (Å²) in [6.45, 7) is 4.99. The summed E-state index contributed by atoms with van der Waals surface area (Å²) in [4.78, 5) is 25.1. The van der Waals surface area contributed by atoms with E-state index < -0.39 is 16.3 Å². The van der Waals surface area contributed by atoms with E-state index >= 15 is 0 Å². The molecule has 0 saturated carbocycles. The van der Waals surface area contributed by atoms with Crippen LogP contribution in [0.15, 0.2) is 30.3 Å². The number of benzene rings is 1. The molecule has 5 nitrogen and oxygen atoms in total. The van der Waals surface area contributed by atoms with Gasteiger partial charge in [-0.25, -0.2) is 0 Å². The summed E-state index contributed by atoms with van der Waals surface area (Å²) in [5.74, 6) is 1.72. The summed E-state index contributed by atoms with van der Waals surface area (Å²) in [7, 11) is 0. The Labute approximate surface area is 182 Å². The quantitative estimate of drug-likeness (QED) is 0.437. The fourth-order valence-electron chi connectivity index (χ4n) is 2.93. The number of amides is 1. The van der Waals surface area contributed by atoms with Gasteiger partial charge in [-0.3, -0.25) is 9.59 Å². The number of carbonyl (C=O) groups excluding carboxylic acids is 2. The van der Waals surface area contributed by atoms with Crippen LogP contribution < -0.4 is 5.32 Å². The van der Waals surface area contributed by atoms with E-state index in [2.05, 4.69) is 17.3 Å². The van der Waals surface area contributed by atoms with Gasteiger partial charge in [-0.2, -0.15) is 5.26 Å². The number of terminal acetylenes is 1. The zero-order valence-electron chi connectivity index (χ0n) is 16.9. The molecule has 0 radical (unpaired) electrons. The molecule has 0 bridgehead atoms. The van der Waals surface area contributed by atoms with Crippen LogP contribution in [0, 0.1) is 29.1 Å². The smallest absolute Gasteiger partial charge is 0.236 e. The Bertz CT molecular complexity index is 827. The Morgan fingerprint density at radius 1 is 1.34 bits per heavy atom. The average Bonchev–Trinajstić information content (AvgIpc) is 2.66. The summed E-state index contributed by atoms with van der Waals surface area (Å²) in [6.07, 6.45) is 4.47. The van der Waals surface area contributed by atoms with E-state index in [4.69, 9.17) is 18.6 Å². The van der Waals surface area contributed by atoms with Gasteiger partial charge in [0.2, 0.25) is 5.91 Å². The lowest BCUT2D eigenvalue weighted by molar-refractivity contribution is -0.125. The second-order valence-corrected chi connectivity index (χ2v) is 9.67. The van der Waals surface area contributed by atoms with E-state index in [0.717, 1.165) is 5.56 Å². The molecule has 0 fully saturated rings. The van der Waals surface area contributed by atoms with E-state index in [0.29, 0.717) is 4.20 Å². The van der Waals surface area contributed by atoms with Crippen molar-refractivity contribution in [2.24, 2.45) is 5.41 Å². The van der Waals surface area contributed by atoms with Crippen LogP contribution in [-0.2, 0) is 9.59 Å². The summed E-state index contributed by atoms with van der Waals surface area (Å²) in [5, 5.41) is 22.0. The number of carbonyl (C=O) groups is 2. The van der Waals surface area contributed by atoms with E-state index in [9.17, 15) is 20.0 Å². The van der Waals surface area contributed by atoms with Crippen molar-refractivity contribution in [3.05, 3.63) is 35.9 Å². The molecule has 0 spiro atoms. The molecule has 0 saturated heterocycles. The SMILES string of the molecule is C#CCC(=O)CC(C)(C#N)CC(C)(SC(=S)c1ccccc1)C(=O)NCC(C)O. The van der Waals surface area contributed by atoms with Crippen molar-refractivity contribution < 1.29 is 14.7 Å². The van der Waals surface area contributed by atoms with Crippen LogP contribution in [-0.4, -0.2) is 38.4 Å². The minimum Gasteiger partial charge on any atom is -0.392 e. The van der Waals surface area contributed by atoms with Crippen molar-refractivity contribution in [3.63, 3.8) is 0 Å². The van der Waals surface area contributed by atoms with Crippen molar-refractivity contribution in [1.82, 2.24) is 5.32 Å². The monoisotopic (exact) mass is 430 g/mol. The number of nitrogens with one attached hydrogen (secondary N) is 1. The van der Waals surface area contributed by atoms with Gasteiger partial charge in [0.05, 0.1) is 33.0 Å². The van der Waals surface area contributed by atoms with E-state index in [1.165, 1.54) is 11.8 Å². The van der Waals surface area contributed by atoms with Crippen LogP contribution >= 0.6 is 24.0 Å². The molecule has 2 N–H and O–H groups in total. The van der Waals surface area contributed by atoms with Gasteiger partial charge < -0.3 is 10.4 Å². The maximum Gasteiger partial charge on any atom is 0.236 e. The van der Waals surface area contributed by atoms with E-state index in [-0.39, 0.29) is 37.5 Å². The normalized spacial score (nSPS) is 15.7. The number of thioether (sulfide) groups is 1. The molecule has 0 heterocycles. The number of nitriles is 1.